The number of aliphatic hydroxyl groups is 1. The maximum absolute atomic E-state index is 9.87. The molecule has 0 radical (unpaired) electrons. The van der Waals surface area contributed by atoms with Crippen molar-refractivity contribution in [1.29, 1.82) is 0 Å². The predicted octanol–water partition coefficient (Wildman–Crippen LogP) is 2.98. The van der Waals surface area contributed by atoms with Gasteiger partial charge in [0.15, 0.2) is 0 Å². The van der Waals surface area contributed by atoms with E-state index in [9.17, 15) is 5.11 Å². The molecule has 2 nitrogen and oxygen atoms in total. The Bertz CT molecular complexity index is 250. The van der Waals surface area contributed by atoms with Crippen LogP contribution in [0.15, 0.2) is 0 Å². The molecule has 1 aromatic rings. The minimum atomic E-state index is -0.307. The fraction of sp³-hybridized carbons (Fsp3) is 0.700. The van der Waals surface area contributed by atoms with E-state index in [1.807, 2.05) is 13.8 Å². The van der Waals surface area contributed by atoms with Gasteiger partial charge in [0, 0.05) is 10.4 Å². The number of nitrogens with zero attached hydrogens (tertiary/aromatic N) is 1. The van der Waals surface area contributed by atoms with Gasteiger partial charge in [-0.25, -0.2) is 0 Å². The van der Waals surface area contributed by atoms with Crippen LogP contribution < -0.4 is 0 Å². The zero-order valence-electron chi connectivity index (χ0n) is 8.50. The van der Waals surface area contributed by atoms with Gasteiger partial charge in [-0.1, -0.05) is 19.8 Å². The van der Waals surface area contributed by atoms with Gasteiger partial charge >= 0.3 is 0 Å². The molecule has 0 aliphatic carbocycles. The quantitative estimate of drug-likeness (QED) is 0.808. The molecule has 1 rings (SSSR count). The van der Waals surface area contributed by atoms with Crippen molar-refractivity contribution in [2.75, 3.05) is 0 Å². The molecule has 1 aromatic heterocycles. The first-order valence-corrected chi connectivity index (χ1v) is 5.55. The molecule has 0 aromatic carbocycles. The van der Waals surface area contributed by atoms with E-state index in [1.54, 1.807) is 0 Å². The Morgan fingerprint density at radius 2 is 2.15 bits per heavy atom. The van der Waals surface area contributed by atoms with Crippen LogP contribution in [0, 0.1) is 13.8 Å². The van der Waals surface area contributed by atoms with Gasteiger partial charge in [0.05, 0.1) is 11.8 Å². The van der Waals surface area contributed by atoms with E-state index < -0.39 is 0 Å². The Labute approximate surface area is 83.8 Å². The summed E-state index contributed by atoms with van der Waals surface area (Å²) in [4.78, 5) is 1.15. The Morgan fingerprint density at radius 3 is 2.62 bits per heavy atom. The van der Waals surface area contributed by atoms with E-state index >= 15 is 0 Å². The second-order valence-corrected chi connectivity index (χ2v) is 4.37. The molecule has 0 saturated carbocycles. The molecule has 0 saturated heterocycles. The summed E-state index contributed by atoms with van der Waals surface area (Å²) in [7, 11) is 0. The van der Waals surface area contributed by atoms with Crippen LogP contribution in [0.4, 0.5) is 0 Å². The third-order valence-corrected chi connectivity index (χ3v) is 3.11. The Hall–Kier alpha value is -0.410. The zero-order valence-corrected chi connectivity index (χ0v) is 9.32. The molecule has 0 amide bonds. The highest BCUT2D eigenvalue weighted by molar-refractivity contribution is 7.05. The highest BCUT2D eigenvalue weighted by atomic mass is 32.1. The number of rotatable bonds is 4. The summed E-state index contributed by atoms with van der Waals surface area (Å²) >= 11 is 1.48. The van der Waals surface area contributed by atoms with Gasteiger partial charge < -0.3 is 5.11 Å². The van der Waals surface area contributed by atoms with Crippen molar-refractivity contribution in [2.45, 2.75) is 46.1 Å². The molecular formula is C10H17NOS. The molecule has 3 heteroatoms. The molecule has 0 bridgehead atoms. The van der Waals surface area contributed by atoms with Crippen LogP contribution in [-0.4, -0.2) is 9.48 Å². The molecule has 74 valence electrons. The van der Waals surface area contributed by atoms with Gasteiger partial charge in [-0.3, -0.25) is 0 Å². The largest absolute Gasteiger partial charge is 0.388 e. The molecule has 0 aliphatic rings. The first kappa shape index (κ1) is 10.7. The van der Waals surface area contributed by atoms with Crippen LogP contribution >= 0.6 is 11.5 Å². The summed E-state index contributed by atoms with van der Waals surface area (Å²) in [5, 5.41) is 9.87. The number of aromatic nitrogens is 1. The summed E-state index contributed by atoms with van der Waals surface area (Å²) in [6.07, 6.45) is 2.76. The first-order valence-electron chi connectivity index (χ1n) is 4.77. The van der Waals surface area contributed by atoms with Crippen molar-refractivity contribution < 1.29 is 5.11 Å². The lowest BCUT2D eigenvalue weighted by Gasteiger charge is -2.09. The van der Waals surface area contributed by atoms with E-state index in [2.05, 4.69) is 11.3 Å². The number of hydrogen-bond donors (Lipinski definition) is 1. The average Bonchev–Trinajstić information content (AvgIpc) is 2.42. The van der Waals surface area contributed by atoms with Crippen LogP contribution in [0.2, 0.25) is 0 Å². The van der Waals surface area contributed by atoms with Crippen molar-refractivity contribution in [1.82, 2.24) is 4.37 Å². The van der Waals surface area contributed by atoms with E-state index in [-0.39, 0.29) is 6.10 Å². The third-order valence-electron chi connectivity index (χ3n) is 2.25. The molecule has 0 fully saturated rings. The van der Waals surface area contributed by atoms with Gasteiger partial charge in [-0.05, 0) is 31.8 Å². The fourth-order valence-corrected chi connectivity index (χ4v) is 2.26. The zero-order chi connectivity index (χ0) is 9.84. The van der Waals surface area contributed by atoms with Gasteiger partial charge in [0.1, 0.15) is 0 Å². The maximum atomic E-state index is 9.87. The Balaban J connectivity index is 2.69. The highest BCUT2D eigenvalue weighted by Gasteiger charge is 2.15. The predicted molar refractivity (Wildman–Crippen MR) is 56.1 cm³/mol. The summed E-state index contributed by atoms with van der Waals surface area (Å²) in [6, 6.07) is 0. The van der Waals surface area contributed by atoms with Gasteiger partial charge in [-0.15, -0.1) is 0 Å². The maximum Gasteiger partial charge on any atom is 0.0819 e. The van der Waals surface area contributed by atoms with Crippen LogP contribution in [0.5, 0.6) is 0 Å². The fourth-order valence-electron chi connectivity index (χ4n) is 1.51. The standard InChI is InChI=1S/C10H17NOS/c1-4-5-6-9(12)10-7(2)11-13-8(10)3/h9,12H,4-6H2,1-3H3. The molecule has 1 N–H and O–H groups in total. The number of aliphatic hydroxyl groups excluding tert-OH is 1. The first-order chi connectivity index (χ1) is 6.16. The SMILES string of the molecule is CCCCC(O)c1c(C)nsc1C. The molecule has 1 atom stereocenters. The van der Waals surface area contributed by atoms with Crippen molar-refractivity contribution in [3.63, 3.8) is 0 Å². The van der Waals surface area contributed by atoms with Crippen molar-refractivity contribution in [3.05, 3.63) is 16.1 Å². The van der Waals surface area contributed by atoms with E-state index in [4.69, 9.17) is 0 Å². The van der Waals surface area contributed by atoms with Gasteiger partial charge in [0.25, 0.3) is 0 Å². The summed E-state index contributed by atoms with van der Waals surface area (Å²) in [6.45, 7) is 6.13. The van der Waals surface area contributed by atoms with Gasteiger partial charge in [0.2, 0.25) is 0 Å². The lowest BCUT2D eigenvalue weighted by molar-refractivity contribution is 0.163. The molecule has 0 aliphatic heterocycles. The van der Waals surface area contributed by atoms with Crippen LogP contribution in [0.25, 0.3) is 0 Å². The molecule has 1 unspecified atom stereocenters. The molecular weight excluding hydrogens is 182 g/mol. The second-order valence-electron chi connectivity index (χ2n) is 3.40. The lowest BCUT2D eigenvalue weighted by atomic mass is 10.0. The molecule has 13 heavy (non-hydrogen) atoms. The summed E-state index contributed by atoms with van der Waals surface area (Å²) < 4.78 is 4.23. The van der Waals surface area contributed by atoms with Crippen LogP contribution in [0.1, 0.15) is 48.4 Å². The minimum Gasteiger partial charge on any atom is -0.388 e. The molecule has 1 heterocycles. The number of unbranched alkanes of at least 4 members (excludes halogenated alkanes) is 1. The van der Waals surface area contributed by atoms with Crippen molar-refractivity contribution in [3.8, 4) is 0 Å². The van der Waals surface area contributed by atoms with Gasteiger partial charge in [-0.2, -0.15) is 4.37 Å². The van der Waals surface area contributed by atoms with Crippen LogP contribution in [0.3, 0.4) is 0 Å². The van der Waals surface area contributed by atoms with E-state index in [1.165, 1.54) is 11.5 Å². The lowest BCUT2D eigenvalue weighted by Crippen LogP contribution is -1.99. The summed E-state index contributed by atoms with van der Waals surface area (Å²) in [5.74, 6) is 0. The van der Waals surface area contributed by atoms with E-state index in [0.717, 1.165) is 35.4 Å². The second kappa shape index (κ2) is 4.72. The van der Waals surface area contributed by atoms with E-state index in [0.29, 0.717) is 0 Å². The Kier molecular flexibility index (Phi) is 3.88. The summed E-state index contributed by atoms with van der Waals surface area (Å²) in [5.41, 5.74) is 2.05. The normalized spacial score (nSPS) is 13.2. The Morgan fingerprint density at radius 1 is 1.46 bits per heavy atom. The smallest absolute Gasteiger partial charge is 0.0819 e. The third kappa shape index (κ3) is 2.51. The molecule has 0 spiro atoms. The van der Waals surface area contributed by atoms with Crippen molar-refractivity contribution >= 4 is 11.5 Å². The highest BCUT2D eigenvalue weighted by Crippen LogP contribution is 2.27. The topological polar surface area (TPSA) is 33.1 Å². The average molecular weight is 199 g/mol. The minimum absolute atomic E-state index is 0.307. The van der Waals surface area contributed by atoms with Crippen LogP contribution in [-0.2, 0) is 0 Å². The number of hydrogen-bond acceptors (Lipinski definition) is 3. The monoisotopic (exact) mass is 199 g/mol. The van der Waals surface area contributed by atoms with Crippen molar-refractivity contribution in [2.24, 2.45) is 0 Å². The number of aryl methyl sites for hydroxylation is 2.